The van der Waals surface area contributed by atoms with Gasteiger partial charge in [-0.2, -0.15) is 4.57 Å². The predicted octanol–water partition coefficient (Wildman–Crippen LogP) is 6.26. The Bertz CT molecular complexity index is 1740. The summed E-state index contributed by atoms with van der Waals surface area (Å²) in [6, 6.07) is 18.5. The number of ether oxygens (including phenoxy) is 2. The lowest BCUT2D eigenvalue weighted by atomic mass is 9.89. The number of para-hydroxylation sites is 1. The Hall–Kier alpha value is -4.31. The molecule has 4 aromatic rings. The minimum atomic E-state index is -2.50. The van der Waals surface area contributed by atoms with Crippen LogP contribution in [0.4, 0.5) is 8.78 Å². The summed E-state index contributed by atoms with van der Waals surface area (Å²) in [5.74, 6) is -1.93. The zero-order chi connectivity index (χ0) is 30.6. The van der Waals surface area contributed by atoms with E-state index < -0.39 is 18.1 Å². The van der Waals surface area contributed by atoms with Gasteiger partial charge in [0, 0.05) is 45.0 Å². The minimum absolute atomic E-state index is 0.00957. The summed E-state index contributed by atoms with van der Waals surface area (Å²) in [5, 5.41) is 13.9. The number of carboxylic acid groups (broad SMARTS) is 1. The molecule has 44 heavy (non-hydrogen) atoms. The first-order valence-corrected chi connectivity index (χ1v) is 15.2. The number of aryl methyl sites for hydroxylation is 1. The van der Waals surface area contributed by atoms with Crippen molar-refractivity contribution >= 4 is 5.97 Å². The van der Waals surface area contributed by atoms with Crippen LogP contribution in [-0.4, -0.2) is 44.3 Å². The second-order valence-corrected chi connectivity index (χ2v) is 12.1. The van der Waals surface area contributed by atoms with E-state index in [0.29, 0.717) is 25.3 Å². The highest BCUT2D eigenvalue weighted by Gasteiger charge is 2.39. The van der Waals surface area contributed by atoms with Crippen molar-refractivity contribution in [3.63, 3.8) is 0 Å². The predicted molar refractivity (Wildman–Crippen MR) is 158 cm³/mol. The molecule has 1 saturated carbocycles. The fourth-order valence-corrected chi connectivity index (χ4v) is 6.88. The molecular weight excluding hydrogens is 566 g/mol. The maximum atomic E-state index is 13.7. The van der Waals surface area contributed by atoms with Gasteiger partial charge in [0.1, 0.15) is 18.1 Å². The molecular formula is C34H35F2N4O4+. The van der Waals surface area contributed by atoms with Crippen molar-refractivity contribution in [2.45, 2.75) is 77.3 Å². The zero-order valence-corrected chi connectivity index (χ0v) is 24.8. The van der Waals surface area contributed by atoms with Crippen LogP contribution in [0.2, 0.25) is 0 Å². The van der Waals surface area contributed by atoms with E-state index in [1.54, 1.807) is 0 Å². The van der Waals surface area contributed by atoms with E-state index in [0.717, 1.165) is 47.6 Å². The third-order valence-electron chi connectivity index (χ3n) is 9.21. The third kappa shape index (κ3) is 5.11. The summed E-state index contributed by atoms with van der Waals surface area (Å²) in [5.41, 5.74) is 6.39. The Labute approximate surface area is 254 Å². The van der Waals surface area contributed by atoms with Gasteiger partial charge in [-0.05, 0) is 66.6 Å². The van der Waals surface area contributed by atoms with E-state index in [1.165, 1.54) is 22.0 Å². The summed E-state index contributed by atoms with van der Waals surface area (Å²) in [6.45, 7) is 5.98. The molecule has 228 valence electrons. The molecule has 0 amide bonds. The SMILES string of the molecule is Cc1cccc(-c2cccc3[n+]2C(C)Oc2c(C(=O)O)cnn2-3)c1OCc1ccc2c(c1)CCN(C1CCC(F)(F)CC1)C2. The topological polar surface area (TPSA) is 80.7 Å². The molecule has 0 saturated heterocycles. The number of halogens is 2. The van der Waals surface area contributed by atoms with Crippen LogP contribution in [0, 0.1) is 6.92 Å². The number of alkyl halides is 2. The van der Waals surface area contributed by atoms with Gasteiger partial charge in [-0.1, -0.05) is 40.1 Å². The van der Waals surface area contributed by atoms with E-state index in [2.05, 4.69) is 28.2 Å². The number of aromatic carboxylic acids is 1. The first-order valence-electron chi connectivity index (χ1n) is 15.2. The maximum absolute atomic E-state index is 13.7. The largest absolute Gasteiger partial charge is 0.488 e. The van der Waals surface area contributed by atoms with Crippen LogP contribution in [0.25, 0.3) is 17.1 Å². The van der Waals surface area contributed by atoms with Crippen molar-refractivity contribution in [3.05, 3.63) is 88.6 Å². The van der Waals surface area contributed by atoms with E-state index >= 15 is 0 Å². The van der Waals surface area contributed by atoms with E-state index in [9.17, 15) is 18.7 Å². The Morgan fingerprint density at radius 1 is 1.14 bits per heavy atom. The zero-order valence-electron chi connectivity index (χ0n) is 24.8. The maximum Gasteiger partial charge on any atom is 0.345 e. The van der Waals surface area contributed by atoms with E-state index in [-0.39, 0.29) is 30.3 Å². The van der Waals surface area contributed by atoms with Gasteiger partial charge in [0.25, 0.3) is 0 Å². The van der Waals surface area contributed by atoms with Crippen LogP contribution < -0.4 is 14.0 Å². The number of carbonyl (C=O) groups is 1. The molecule has 8 nitrogen and oxygen atoms in total. The fourth-order valence-electron chi connectivity index (χ4n) is 6.88. The van der Waals surface area contributed by atoms with Crippen LogP contribution >= 0.6 is 0 Å². The van der Waals surface area contributed by atoms with Gasteiger partial charge in [0.05, 0.1) is 11.8 Å². The average molecular weight is 602 g/mol. The average Bonchev–Trinajstić information content (AvgIpc) is 3.44. The first-order chi connectivity index (χ1) is 21.2. The summed E-state index contributed by atoms with van der Waals surface area (Å²) in [6.07, 6.45) is 2.83. The summed E-state index contributed by atoms with van der Waals surface area (Å²) < 4.78 is 43.5. The van der Waals surface area contributed by atoms with Crippen molar-refractivity contribution in [1.82, 2.24) is 14.7 Å². The summed E-state index contributed by atoms with van der Waals surface area (Å²) in [4.78, 5) is 14.1. The second kappa shape index (κ2) is 11.0. The highest BCUT2D eigenvalue weighted by Crippen LogP contribution is 2.38. The van der Waals surface area contributed by atoms with Crippen LogP contribution in [0.15, 0.2) is 60.8 Å². The van der Waals surface area contributed by atoms with Crippen molar-refractivity contribution in [2.24, 2.45) is 0 Å². The number of pyridine rings is 1. The summed E-state index contributed by atoms with van der Waals surface area (Å²) >= 11 is 0. The highest BCUT2D eigenvalue weighted by molar-refractivity contribution is 5.90. The molecule has 1 atom stereocenters. The highest BCUT2D eigenvalue weighted by atomic mass is 19.3. The standard InChI is InChI=1S/C34H34F2N4O4/c1-21-5-3-6-27(29-7-4-8-30-39(29)22(2)44-32-28(33(41)42)18-37-40(30)32)31(21)43-20-23-9-10-25-19-38(16-13-24(25)17-23)26-11-14-34(35,36)15-12-26/h3-10,17-18,22,26H,11-16,19-20H2,1-2H3/p+1. The molecule has 0 bridgehead atoms. The van der Waals surface area contributed by atoms with E-state index in [1.807, 2.05) is 54.8 Å². The number of carboxylic acids is 1. The summed E-state index contributed by atoms with van der Waals surface area (Å²) in [7, 11) is 0. The Balaban J connectivity index is 1.12. The van der Waals surface area contributed by atoms with Crippen LogP contribution in [-0.2, 0) is 19.6 Å². The molecule has 3 aliphatic rings. The van der Waals surface area contributed by atoms with Crippen LogP contribution in [0.5, 0.6) is 11.6 Å². The van der Waals surface area contributed by atoms with Crippen molar-refractivity contribution in [1.29, 1.82) is 0 Å². The lowest BCUT2D eigenvalue weighted by Crippen LogP contribution is -2.50. The van der Waals surface area contributed by atoms with Gasteiger partial charge < -0.3 is 14.6 Å². The van der Waals surface area contributed by atoms with Gasteiger partial charge in [0.2, 0.25) is 12.2 Å². The number of aromatic nitrogens is 3. The first kappa shape index (κ1) is 28.5. The molecule has 1 fully saturated rings. The van der Waals surface area contributed by atoms with Gasteiger partial charge in [0.15, 0.2) is 5.56 Å². The molecule has 10 heteroatoms. The second-order valence-electron chi connectivity index (χ2n) is 12.1. The normalized spacial score (nSPS) is 19.4. The number of hydrogen-bond donors (Lipinski definition) is 1. The van der Waals surface area contributed by atoms with Crippen molar-refractivity contribution in [2.75, 3.05) is 6.54 Å². The Morgan fingerprint density at radius 2 is 1.93 bits per heavy atom. The van der Waals surface area contributed by atoms with Gasteiger partial charge in [-0.15, -0.1) is 0 Å². The van der Waals surface area contributed by atoms with Crippen molar-refractivity contribution in [3.8, 4) is 28.7 Å². The van der Waals surface area contributed by atoms with E-state index in [4.69, 9.17) is 9.47 Å². The number of benzene rings is 2. The third-order valence-corrected chi connectivity index (χ3v) is 9.21. The lowest BCUT2D eigenvalue weighted by Gasteiger charge is -2.39. The monoisotopic (exact) mass is 601 g/mol. The minimum Gasteiger partial charge on any atom is -0.488 e. The van der Waals surface area contributed by atoms with Crippen molar-refractivity contribution < 1.29 is 32.7 Å². The molecule has 1 aliphatic carbocycles. The number of hydrogen-bond acceptors (Lipinski definition) is 5. The number of fused-ring (bicyclic) bond motifs is 4. The molecule has 0 radical (unpaired) electrons. The van der Waals surface area contributed by atoms with Gasteiger partial charge in [-0.25, -0.2) is 13.6 Å². The quantitative estimate of drug-likeness (QED) is 0.263. The smallest absolute Gasteiger partial charge is 0.345 e. The molecule has 0 spiro atoms. The number of nitrogens with zero attached hydrogens (tertiary/aromatic N) is 4. The molecule has 2 aromatic carbocycles. The Morgan fingerprint density at radius 3 is 2.73 bits per heavy atom. The van der Waals surface area contributed by atoms with Gasteiger partial charge >= 0.3 is 17.7 Å². The molecule has 1 unspecified atom stereocenters. The molecule has 2 aliphatic heterocycles. The Kier molecular flexibility index (Phi) is 7.11. The van der Waals surface area contributed by atoms with Crippen LogP contribution in [0.1, 0.15) is 71.4 Å². The molecule has 4 heterocycles. The molecule has 1 N–H and O–H groups in total. The fraction of sp³-hybridized carbons (Fsp3) is 0.382. The van der Waals surface area contributed by atoms with Gasteiger partial charge in [-0.3, -0.25) is 4.90 Å². The lowest BCUT2D eigenvalue weighted by molar-refractivity contribution is -0.740. The van der Waals surface area contributed by atoms with Crippen LogP contribution in [0.3, 0.4) is 0 Å². The number of rotatable bonds is 6. The molecule has 2 aromatic heterocycles. The molecule has 7 rings (SSSR count).